The molecule has 1 saturated heterocycles. The van der Waals surface area contributed by atoms with Crippen LogP contribution in [0.5, 0.6) is 0 Å². The number of anilines is 1. The van der Waals surface area contributed by atoms with E-state index in [1.165, 1.54) is 28.1 Å². The molecule has 5 nitrogen and oxygen atoms in total. The number of thioether (sulfide) groups is 1. The van der Waals surface area contributed by atoms with Crippen molar-refractivity contribution in [2.75, 3.05) is 25.0 Å². The number of amides is 2. The van der Waals surface area contributed by atoms with Gasteiger partial charge >= 0.3 is 0 Å². The van der Waals surface area contributed by atoms with Gasteiger partial charge in [0.1, 0.15) is 4.32 Å². The van der Waals surface area contributed by atoms with Crippen LogP contribution in [0, 0.1) is 0 Å². The Kier molecular flexibility index (Phi) is 6.14. The first-order chi connectivity index (χ1) is 15.3. The Morgan fingerprint density at radius 3 is 2.59 bits per heavy atom. The Morgan fingerprint density at radius 2 is 1.91 bits per heavy atom. The van der Waals surface area contributed by atoms with Crippen LogP contribution in [0.1, 0.15) is 32.8 Å². The molecular weight excluding hydrogens is 438 g/mol. The average Bonchev–Trinajstić information content (AvgIpc) is 3.18. The highest BCUT2D eigenvalue weighted by Crippen LogP contribution is 2.50. The maximum atomic E-state index is 12.7. The van der Waals surface area contributed by atoms with Gasteiger partial charge in [0.25, 0.3) is 5.91 Å². The molecule has 1 fully saturated rings. The van der Waals surface area contributed by atoms with E-state index in [1.807, 2.05) is 25.1 Å². The van der Waals surface area contributed by atoms with Crippen molar-refractivity contribution in [3.8, 4) is 0 Å². The van der Waals surface area contributed by atoms with E-state index in [-0.39, 0.29) is 17.2 Å². The standard InChI is InChI=1S/C25H27N3O2S2/c1-5-27-23(30)19(32-24(27)31)12-13-20-25(2,3)22-17-9-7-6-8-16(17)10-11-18(22)28(20)15-14-21(29)26-4/h6-13H,5,14-15H2,1-4H3,(H,26,29)/b19-12+,20-13-. The molecule has 0 spiro atoms. The van der Waals surface area contributed by atoms with Crippen LogP contribution < -0.4 is 10.2 Å². The van der Waals surface area contributed by atoms with Crippen molar-refractivity contribution in [2.24, 2.45) is 0 Å². The van der Waals surface area contributed by atoms with Crippen LogP contribution in [0.15, 0.2) is 59.2 Å². The molecule has 0 atom stereocenters. The summed E-state index contributed by atoms with van der Waals surface area (Å²) >= 11 is 6.70. The quantitative estimate of drug-likeness (QED) is 0.511. The minimum Gasteiger partial charge on any atom is -0.359 e. The third kappa shape index (κ3) is 3.73. The van der Waals surface area contributed by atoms with Crippen molar-refractivity contribution in [3.63, 3.8) is 0 Å². The number of likely N-dealkylation sites (N-methyl/N-ethyl adjacent to an activating group) is 1. The summed E-state index contributed by atoms with van der Waals surface area (Å²) in [4.78, 5) is 29.2. The SMILES string of the molecule is CCN1C(=O)/C(=C\C=C2/N(CCC(=O)NC)c3ccc4ccccc4c3C2(C)C)SC1=S. The molecule has 0 unspecified atom stereocenters. The topological polar surface area (TPSA) is 52.7 Å². The normalized spacial score (nSPS) is 20.0. The molecule has 0 bridgehead atoms. The van der Waals surface area contributed by atoms with E-state index in [4.69, 9.17) is 12.2 Å². The number of rotatable bonds is 5. The number of fused-ring (bicyclic) bond motifs is 3. The van der Waals surface area contributed by atoms with Crippen molar-refractivity contribution < 1.29 is 9.59 Å². The lowest BCUT2D eigenvalue weighted by Gasteiger charge is -2.27. The molecule has 2 aromatic carbocycles. The van der Waals surface area contributed by atoms with Crippen LogP contribution in [-0.2, 0) is 15.0 Å². The summed E-state index contributed by atoms with van der Waals surface area (Å²) in [5.74, 6) is -0.0461. The fourth-order valence-electron chi connectivity index (χ4n) is 4.56. The molecule has 2 heterocycles. The lowest BCUT2D eigenvalue weighted by atomic mass is 9.81. The molecule has 2 aliphatic heterocycles. The third-order valence-electron chi connectivity index (χ3n) is 6.18. The summed E-state index contributed by atoms with van der Waals surface area (Å²) in [7, 11) is 1.66. The van der Waals surface area contributed by atoms with Crippen molar-refractivity contribution in [1.82, 2.24) is 10.2 Å². The van der Waals surface area contributed by atoms with E-state index in [1.54, 1.807) is 11.9 Å². The molecule has 0 radical (unpaired) electrons. The van der Waals surface area contributed by atoms with Gasteiger partial charge in [0.05, 0.1) is 4.91 Å². The number of hydrogen-bond acceptors (Lipinski definition) is 5. The first-order valence-corrected chi connectivity index (χ1v) is 12.0. The van der Waals surface area contributed by atoms with Crippen LogP contribution in [0.2, 0.25) is 0 Å². The minimum absolute atomic E-state index is 0.000197. The number of carbonyl (C=O) groups is 2. The van der Waals surface area contributed by atoms with Gasteiger partial charge in [-0.3, -0.25) is 14.5 Å². The molecule has 32 heavy (non-hydrogen) atoms. The second kappa shape index (κ2) is 8.71. The van der Waals surface area contributed by atoms with E-state index in [0.29, 0.717) is 28.7 Å². The maximum Gasteiger partial charge on any atom is 0.266 e. The highest BCUT2D eigenvalue weighted by atomic mass is 32.2. The Hall–Kier alpha value is -2.64. The smallest absolute Gasteiger partial charge is 0.266 e. The summed E-state index contributed by atoms with van der Waals surface area (Å²) < 4.78 is 0.596. The molecule has 1 N–H and O–H groups in total. The highest BCUT2D eigenvalue weighted by Gasteiger charge is 2.41. The van der Waals surface area contributed by atoms with Crippen molar-refractivity contribution in [2.45, 2.75) is 32.6 Å². The molecule has 2 aromatic rings. The van der Waals surface area contributed by atoms with Gasteiger partial charge < -0.3 is 10.2 Å². The number of hydrogen-bond donors (Lipinski definition) is 1. The van der Waals surface area contributed by atoms with Gasteiger partial charge in [0.15, 0.2) is 0 Å². The third-order valence-corrected chi connectivity index (χ3v) is 7.57. The van der Waals surface area contributed by atoms with Crippen LogP contribution in [0.25, 0.3) is 10.8 Å². The van der Waals surface area contributed by atoms with Crippen LogP contribution >= 0.6 is 24.0 Å². The van der Waals surface area contributed by atoms with Gasteiger partial charge in [0.2, 0.25) is 5.91 Å². The molecule has 0 aliphatic carbocycles. The summed E-state index contributed by atoms with van der Waals surface area (Å²) in [6, 6.07) is 12.7. The van der Waals surface area contributed by atoms with Gasteiger partial charge in [-0.05, 0) is 41.5 Å². The van der Waals surface area contributed by atoms with Gasteiger partial charge in [-0.15, -0.1) is 0 Å². The minimum atomic E-state index is -0.298. The number of allylic oxidation sites excluding steroid dienone is 3. The largest absolute Gasteiger partial charge is 0.359 e. The summed E-state index contributed by atoms with van der Waals surface area (Å²) in [6.07, 6.45) is 4.29. The lowest BCUT2D eigenvalue weighted by Crippen LogP contribution is -2.30. The zero-order chi connectivity index (χ0) is 23.0. The van der Waals surface area contributed by atoms with E-state index >= 15 is 0 Å². The van der Waals surface area contributed by atoms with Crippen molar-refractivity contribution in [3.05, 3.63) is 64.7 Å². The summed E-state index contributed by atoms with van der Waals surface area (Å²) in [5, 5.41) is 5.11. The van der Waals surface area contributed by atoms with Crippen LogP contribution in [0.4, 0.5) is 5.69 Å². The fraction of sp³-hybridized carbons (Fsp3) is 0.320. The lowest BCUT2D eigenvalue weighted by molar-refractivity contribution is -0.122. The first kappa shape index (κ1) is 22.6. The zero-order valence-corrected chi connectivity index (χ0v) is 20.4. The number of thiocarbonyl (C=S) groups is 1. The predicted molar refractivity (Wildman–Crippen MR) is 137 cm³/mol. The molecule has 0 saturated carbocycles. The van der Waals surface area contributed by atoms with Crippen molar-refractivity contribution >= 4 is 56.6 Å². The first-order valence-electron chi connectivity index (χ1n) is 10.8. The van der Waals surface area contributed by atoms with Gasteiger partial charge in [0, 0.05) is 43.4 Å². The average molecular weight is 466 g/mol. The van der Waals surface area contributed by atoms with Gasteiger partial charge in [-0.2, -0.15) is 0 Å². The Labute approximate surface area is 198 Å². The highest BCUT2D eigenvalue weighted by molar-refractivity contribution is 8.26. The molecule has 166 valence electrons. The Morgan fingerprint density at radius 1 is 1.16 bits per heavy atom. The zero-order valence-electron chi connectivity index (χ0n) is 18.8. The molecule has 4 rings (SSSR count). The van der Waals surface area contributed by atoms with Gasteiger partial charge in [-0.25, -0.2) is 0 Å². The summed E-state index contributed by atoms with van der Waals surface area (Å²) in [6.45, 7) is 7.46. The van der Waals surface area contributed by atoms with Crippen LogP contribution in [0.3, 0.4) is 0 Å². The van der Waals surface area contributed by atoms with Gasteiger partial charge in [-0.1, -0.05) is 68.2 Å². The second-order valence-corrected chi connectivity index (χ2v) is 10.1. The van der Waals surface area contributed by atoms with E-state index in [9.17, 15) is 9.59 Å². The monoisotopic (exact) mass is 465 g/mol. The number of nitrogens with one attached hydrogen (secondary N) is 1. The summed E-state index contributed by atoms with van der Waals surface area (Å²) in [5.41, 5.74) is 3.12. The number of carbonyl (C=O) groups excluding carboxylic acids is 2. The van der Waals surface area contributed by atoms with E-state index in [2.05, 4.69) is 54.4 Å². The molecule has 0 aromatic heterocycles. The maximum absolute atomic E-state index is 12.7. The Balaban J connectivity index is 1.82. The van der Waals surface area contributed by atoms with Crippen molar-refractivity contribution in [1.29, 1.82) is 0 Å². The van der Waals surface area contributed by atoms with E-state index in [0.717, 1.165) is 11.4 Å². The Bertz CT molecular complexity index is 1180. The molecule has 2 aliphatic rings. The van der Waals surface area contributed by atoms with E-state index < -0.39 is 0 Å². The fourth-order valence-corrected chi connectivity index (χ4v) is 5.88. The molecule has 7 heteroatoms. The number of nitrogens with zero attached hydrogens (tertiary/aromatic N) is 2. The molecular formula is C25H27N3O2S2. The predicted octanol–water partition coefficient (Wildman–Crippen LogP) is 4.72. The molecule has 2 amide bonds. The van der Waals surface area contributed by atoms with Crippen LogP contribution in [-0.4, -0.2) is 41.2 Å². The second-order valence-electron chi connectivity index (χ2n) is 8.38. The number of benzene rings is 2.